The lowest BCUT2D eigenvalue weighted by molar-refractivity contribution is -0.158. The van der Waals surface area contributed by atoms with E-state index < -0.39 is 18.5 Å². The Hall–Kier alpha value is -2.50. The van der Waals surface area contributed by atoms with Crippen molar-refractivity contribution >= 4 is 12.2 Å². The van der Waals surface area contributed by atoms with E-state index in [4.69, 9.17) is 18.9 Å². The molecule has 158 valence electrons. The first-order chi connectivity index (χ1) is 14.1. The van der Waals surface area contributed by atoms with Gasteiger partial charge in [-0.3, -0.25) is 9.59 Å². The van der Waals surface area contributed by atoms with E-state index in [9.17, 15) is 9.59 Å². The van der Waals surface area contributed by atoms with E-state index in [1.807, 2.05) is 38.1 Å². The normalized spacial score (nSPS) is 11.3. The van der Waals surface area contributed by atoms with Crippen molar-refractivity contribution in [1.29, 1.82) is 0 Å². The first-order valence-electron chi connectivity index (χ1n) is 9.39. The van der Waals surface area contributed by atoms with Crippen molar-refractivity contribution in [2.24, 2.45) is 0 Å². The van der Waals surface area contributed by atoms with Gasteiger partial charge in [0.25, 0.3) is 5.91 Å². The Bertz CT molecular complexity index is 724. The van der Waals surface area contributed by atoms with E-state index in [0.29, 0.717) is 25.2 Å². The predicted octanol–water partition coefficient (Wildman–Crippen LogP) is 1.84. The SMILES string of the molecule is CCOC(C#Cc1cccc(C/C(C=O)=C\CNC(=O)C(OC)OC)c1)OCC. The summed E-state index contributed by atoms with van der Waals surface area (Å²) in [6.07, 6.45) is 1.31. The Morgan fingerprint density at radius 1 is 1.17 bits per heavy atom. The molecule has 0 spiro atoms. The minimum atomic E-state index is -0.976. The van der Waals surface area contributed by atoms with Gasteiger partial charge in [0, 0.05) is 46.0 Å². The summed E-state index contributed by atoms with van der Waals surface area (Å²) in [4.78, 5) is 23.2. The molecule has 0 saturated carbocycles. The number of benzene rings is 1. The molecule has 0 fully saturated rings. The Balaban J connectivity index is 2.75. The number of rotatable bonds is 12. The highest BCUT2D eigenvalue weighted by Crippen LogP contribution is 2.09. The number of methoxy groups -OCH3 is 2. The van der Waals surface area contributed by atoms with E-state index in [1.165, 1.54) is 14.2 Å². The van der Waals surface area contributed by atoms with Crippen molar-refractivity contribution < 1.29 is 28.5 Å². The quantitative estimate of drug-likeness (QED) is 0.248. The molecular formula is C22H29NO6. The molecule has 0 aromatic heterocycles. The number of hydrogen-bond donors (Lipinski definition) is 1. The van der Waals surface area contributed by atoms with Crippen LogP contribution >= 0.6 is 0 Å². The second-order valence-electron chi connectivity index (χ2n) is 5.83. The Morgan fingerprint density at radius 3 is 2.45 bits per heavy atom. The van der Waals surface area contributed by atoms with E-state index in [2.05, 4.69) is 17.2 Å². The minimum Gasteiger partial charge on any atom is -0.348 e. The summed E-state index contributed by atoms with van der Waals surface area (Å²) in [6.45, 7) is 4.99. The average Bonchev–Trinajstić information content (AvgIpc) is 2.73. The highest BCUT2D eigenvalue weighted by molar-refractivity contribution is 5.80. The monoisotopic (exact) mass is 403 g/mol. The van der Waals surface area contributed by atoms with Gasteiger partial charge in [-0.1, -0.05) is 24.1 Å². The maximum absolute atomic E-state index is 11.8. The van der Waals surface area contributed by atoms with Crippen LogP contribution < -0.4 is 5.32 Å². The molecule has 29 heavy (non-hydrogen) atoms. The van der Waals surface area contributed by atoms with Crippen LogP contribution in [0.5, 0.6) is 0 Å². The summed E-state index contributed by atoms with van der Waals surface area (Å²) in [5.74, 6) is 5.58. The molecule has 1 aromatic rings. The topological polar surface area (TPSA) is 83.1 Å². The summed E-state index contributed by atoms with van der Waals surface area (Å²) in [7, 11) is 2.75. The lowest BCUT2D eigenvalue weighted by atomic mass is 10.0. The van der Waals surface area contributed by atoms with Crippen molar-refractivity contribution in [2.75, 3.05) is 34.0 Å². The lowest BCUT2D eigenvalue weighted by Gasteiger charge is -2.12. The van der Waals surface area contributed by atoms with Crippen LogP contribution in [-0.4, -0.2) is 58.8 Å². The number of nitrogens with one attached hydrogen (secondary N) is 1. The van der Waals surface area contributed by atoms with Gasteiger partial charge in [0.05, 0.1) is 0 Å². The molecule has 0 unspecified atom stereocenters. The number of allylic oxidation sites excluding steroid dienone is 1. The number of hydrogen-bond acceptors (Lipinski definition) is 6. The lowest BCUT2D eigenvalue weighted by Crippen LogP contribution is -2.37. The largest absolute Gasteiger partial charge is 0.348 e. The average molecular weight is 403 g/mol. The Kier molecular flexibility index (Phi) is 12.3. The van der Waals surface area contributed by atoms with Crippen molar-refractivity contribution in [2.45, 2.75) is 32.8 Å². The van der Waals surface area contributed by atoms with E-state index in [1.54, 1.807) is 6.08 Å². The van der Waals surface area contributed by atoms with Gasteiger partial charge in [-0.2, -0.15) is 0 Å². The van der Waals surface area contributed by atoms with Crippen LogP contribution in [0.15, 0.2) is 35.9 Å². The molecule has 0 aliphatic heterocycles. The summed E-state index contributed by atoms with van der Waals surface area (Å²) < 4.78 is 20.6. The highest BCUT2D eigenvalue weighted by atomic mass is 16.7. The number of carbonyl (C=O) groups is 2. The fraction of sp³-hybridized carbons (Fsp3) is 0.455. The molecule has 0 aliphatic carbocycles. The van der Waals surface area contributed by atoms with Gasteiger partial charge in [-0.25, -0.2) is 0 Å². The highest BCUT2D eigenvalue weighted by Gasteiger charge is 2.15. The van der Waals surface area contributed by atoms with Crippen LogP contribution in [0.25, 0.3) is 0 Å². The van der Waals surface area contributed by atoms with Gasteiger partial charge in [0.15, 0.2) is 0 Å². The third-order valence-electron chi connectivity index (χ3n) is 3.74. The molecule has 0 heterocycles. The Labute approximate surface area is 172 Å². The van der Waals surface area contributed by atoms with Gasteiger partial charge in [0.1, 0.15) is 6.29 Å². The van der Waals surface area contributed by atoms with Gasteiger partial charge >= 0.3 is 0 Å². The van der Waals surface area contributed by atoms with Crippen LogP contribution in [0.4, 0.5) is 0 Å². The molecule has 0 aliphatic rings. The van der Waals surface area contributed by atoms with Crippen molar-refractivity contribution in [3.63, 3.8) is 0 Å². The van der Waals surface area contributed by atoms with E-state index in [-0.39, 0.29) is 6.54 Å². The third-order valence-corrected chi connectivity index (χ3v) is 3.74. The Morgan fingerprint density at radius 2 is 1.86 bits per heavy atom. The van der Waals surface area contributed by atoms with Crippen LogP contribution in [0, 0.1) is 11.8 Å². The molecule has 7 heteroatoms. The van der Waals surface area contributed by atoms with Crippen molar-refractivity contribution in [3.05, 3.63) is 47.0 Å². The smallest absolute Gasteiger partial charge is 0.277 e. The standard InChI is InChI=1S/C22H29NO6/c1-5-28-20(29-6-2)11-10-17-8-7-9-18(14-17)15-19(16-24)12-13-23-21(25)22(26-3)27-4/h7-9,12,14,16,20,22H,5-6,13,15H2,1-4H3,(H,23,25)/b19-12+. The zero-order valence-corrected chi connectivity index (χ0v) is 17.4. The fourth-order valence-electron chi connectivity index (χ4n) is 2.41. The van der Waals surface area contributed by atoms with Gasteiger partial charge in [-0.05, 0) is 43.0 Å². The van der Waals surface area contributed by atoms with Gasteiger partial charge in [-0.15, -0.1) is 0 Å². The molecule has 7 nitrogen and oxygen atoms in total. The zero-order chi connectivity index (χ0) is 21.5. The fourth-order valence-corrected chi connectivity index (χ4v) is 2.41. The molecule has 0 bridgehead atoms. The van der Waals surface area contributed by atoms with Crippen LogP contribution in [0.2, 0.25) is 0 Å². The number of carbonyl (C=O) groups excluding carboxylic acids is 2. The predicted molar refractivity (Wildman–Crippen MR) is 109 cm³/mol. The zero-order valence-electron chi connectivity index (χ0n) is 17.4. The summed E-state index contributed by atoms with van der Waals surface area (Å²) >= 11 is 0. The van der Waals surface area contributed by atoms with Crippen LogP contribution in [0.3, 0.4) is 0 Å². The molecule has 1 rings (SSSR count). The molecule has 1 amide bonds. The van der Waals surface area contributed by atoms with Gasteiger partial charge in [0.2, 0.25) is 12.6 Å². The first kappa shape index (κ1) is 24.5. The number of amides is 1. The van der Waals surface area contributed by atoms with Gasteiger partial charge < -0.3 is 24.3 Å². The van der Waals surface area contributed by atoms with Crippen molar-refractivity contribution in [3.8, 4) is 11.8 Å². The maximum atomic E-state index is 11.8. The number of aldehydes is 1. The number of ether oxygens (including phenoxy) is 4. The molecule has 0 saturated heterocycles. The molecule has 0 atom stereocenters. The second-order valence-corrected chi connectivity index (χ2v) is 5.83. The van der Waals surface area contributed by atoms with Crippen molar-refractivity contribution in [1.82, 2.24) is 5.32 Å². The summed E-state index contributed by atoms with van der Waals surface area (Å²) in [5.41, 5.74) is 2.27. The second kappa shape index (κ2) is 14.5. The summed E-state index contributed by atoms with van der Waals surface area (Å²) in [6, 6.07) is 7.58. The summed E-state index contributed by atoms with van der Waals surface area (Å²) in [5, 5.41) is 2.63. The van der Waals surface area contributed by atoms with E-state index >= 15 is 0 Å². The third kappa shape index (κ3) is 9.50. The molecule has 1 N–H and O–H groups in total. The van der Waals surface area contributed by atoms with Crippen LogP contribution in [-0.2, 0) is 35.0 Å². The molecular weight excluding hydrogens is 374 g/mol. The maximum Gasteiger partial charge on any atom is 0.277 e. The molecule has 1 aromatic carbocycles. The first-order valence-corrected chi connectivity index (χ1v) is 9.39. The van der Waals surface area contributed by atoms with Crippen LogP contribution in [0.1, 0.15) is 25.0 Å². The van der Waals surface area contributed by atoms with E-state index in [0.717, 1.165) is 17.4 Å². The molecule has 0 radical (unpaired) electrons. The minimum absolute atomic E-state index is 0.194.